The van der Waals surface area contributed by atoms with Gasteiger partial charge in [-0.15, -0.1) is 0 Å². The van der Waals surface area contributed by atoms with E-state index in [0.29, 0.717) is 30.1 Å². The molecular weight excluding hydrogens is 362 g/mol. The minimum Gasteiger partial charge on any atom is -0.484 e. The van der Waals surface area contributed by atoms with Crippen molar-refractivity contribution in [2.75, 3.05) is 23.8 Å². The summed E-state index contributed by atoms with van der Waals surface area (Å²) in [6.07, 6.45) is 0.425. The first-order valence-corrected chi connectivity index (χ1v) is 8.84. The highest BCUT2D eigenvalue weighted by Gasteiger charge is 2.06. The average molecular weight is 385 g/mol. The number of carboxylic acids is 1. The number of rotatable bonds is 9. The summed E-state index contributed by atoms with van der Waals surface area (Å²) in [4.78, 5) is 34.2. The second-order valence-corrected chi connectivity index (χ2v) is 5.94. The zero-order chi connectivity index (χ0) is 20.4. The number of carbonyl (C=O) groups is 3. The molecule has 0 saturated carbocycles. The number of aryl methyl sites for hydroxylation is 1. The molecule has 2 rings (SSSR count). The molecular formula is C20H23N3O5. The van der Waals surface area contributed by atoms with Crippen LogP contribution in [0.1, 0.15) is 18.9 Å². The van der Waals surface area contributed by atoms with Crippen LogP contribution in [0.2, 0.25) is 0 Å². The quantitative estimate of drug-likeness (QED) is 0.530. The van der Waals surface area contributed by atoms with Crippen LogP contribution < -0.4 is 20.7 Å². The number of urea groups is 1. The van der Waals surface area contributed by atoms with Gasteiger partial charge in [-0.1, -0.05) is 12.1 Å². The van der Waals surface area contributed by atoms with Crippen LogP contribution >= 0.6 is 0 Å². The molecule has 0 fully saturated rings. The Morgan fingerprint density at radius 3 is 2.39 bits per heavy atom. The van der Waals surface area contributed by atoms with E-state index in [9.17, 15) is 14.4 Å². The minimum absolute atomic E-state index is 0.0319. The summed E-state index contributed by atoms with van der Waals surface area (Å²) < 4.78 is 5.35. The number of nitrogens with one attached hydrogen (secondary N) is 3. The fourth-order valence-electron chi connectivity index (χ4n) is 2.38. The van der Waals surface area contributed by atoms with Crippen molar-refractivity contribution in [1.29, 1.82) is 0 Å². The van der Waals surface area contributed by atoms with Gasteiger partial charge in [0.2, 0.25) is 0 Å². The molecule has 8 nitrogen and oxygen atoms in total. The molecule has 3 amide bonds. The van der Waals surface area contributed by atoms with Crippen LogP contribution in [0.4, 0.5) is 16.2 Å². The smallest absolute Gasteiger partial charge is 0.323 e. The number of ether oxygens (including phenoxy) is 1. The summed E-state index contributed by atoms with van der Waals surface area (Å²) in [5.41, 5.74) is 1.96. The van der Waals surface area contributed by atoms with Crippen LogP contribution in [0.5, 0.6) is 5.75 Å². The molecule has 0 bridgehead atoms. The van der Waals surface area contributed by atoms with Gasteiger partial charge in [-0.05, 0) is 55.3 Å². The molecule has 0 atom stereocenters. The first-order valence-electron chi connectivity index (χ1n) is 8.84. The summed E-state index contributed by atoms with van der Waals surface area (Å²) in [7, 11) is 0. The standard InChI is InChI=1S/C20H23N3O5/c1-2-21-18(24)13-28-17-9-7-15(8-10-17)22-20(27)23-16-5-3-4-14(12-16)6-11-19(25)26/h3-5,7-10,12H,2,6,11,13H2,1H3,(H,21,24)(H,25,26)(H2,22,23,27). The van der Waals surface area contributed by atoms with Gasteiger partial charge in [-0.3, -0.25) is 9.59 Å². The van der Waals surface area contributed by atoms with Crippen molar-refractivity contribution >= 4 is 29.3 Å². The van der Waals surface area contributed by atoms with Gasteiger partial charge in [0.05, 0.1) is 0 Å². The second-order valence-electron chi connectivity index (χ2n) is 5.94. The van der Waals surface area contributed by atoms with Crippen molar-refractivity contribution in [3.63, 3.8) is 0 Å². The van der Waals surface area contributed by atoms with Crippen molar-refractivity contribution in [3.8, 4) is 5.75 Å². The van der Waals surface area contributed by atoms with Gasteiger partial charge in [0, 0.05) is 24.3 Å². The summed E-state index contributed by atoms with van der Waals surface area (Å²) in [5, 5.41) is 16.8. The van der Waals surface area contributed by atoms with Gasteiger partial charge in [-0.2, -0.15) is 0 Å². The number of benzene rings is 2. The molecule has 0 spiro atoms. The lowest BCUT2D eigenvalue weighted by Crippen LogP contribution is -2.28. The first kappa shape index (κ1) is 20.8. The van der Waals surface area contributed by atoms with E-state index in [1.807, 2.05) is 13.0 Å². The average Bonchev–Trinajstić information content (AvgIpc) is 2.66. The fraction of sp³-hybridized carbons (Fsp3) is 0.250. The monoisotopic (exact) mass is 385 g/mol. The highest BCUT2D eigenvalue weighted by molar-refractivity contribution is 5.99. The third-order valence-electron chi connectivity index (χ3n) is 3.67. The number of carboxylic acid groups (broad SMARTS) is 1. The van der Waals surface area contributed by atoms with Crippen molar-refractivity contribution in [1.82, 2.24) is 5.32 Å². The van der Waals surface area contributed by atoms with E-state index in [-0.39, 0.29) is 18.9 Å². The summed E-state index contributed by atoms with van der Waals surface area (Å²) in [5.74, 6) is -0.549. The molecule has 0 aliphatic carbocycles. The van der Waals surface area contributed by atoms with E-state index in [0.717, 1.165) is 5.56 Å². The van der Waals surface area contributed by atoms with E-state index >= 15 is 0 Å². The maximum atomic E-state index is 12.1. The minimum atomic E-state index is -0.866. The number of amides is 3. The van der Waals surface area contributed by atoms with E-state index < -0.39 is 12.0 Å². The number of likely N-dealkylation sites (N-methyl/N-ethyl adjacent to an activating group) is 1. The summed E-state index contributed by atoms with van der Waals surface area (Å²) in [6.45, 7) is 2.30. The van der Waals surface area contributed by atoms with Crippen LogP contribution in [0.3, 0.4) is 0 Å². The normalized spacial score (nSPS) is 10.0. The zero-order valence-electron chi connectivity index (χ0n) is 15.5. The van der Waals surface area contributed by atoms with Crippen LogP contribution in [-0.4, -0.2) is 36.2 Å². The Bertz CT molecular complexity index is 821. The Morgan fingerprint density at radius 1 is 1.00 bits per heavy atom. The highest BCUT2D eigenvalue weighted by Crippen LogP contribution is 2.17. The predicted octanol–water partition coefficient (Wildman–Crippen LogP) is 2.86. The second kappa shape index (κ2) is 10.6. The molecule has 0 unspecified atom stereocenters. The van der Waals surface area contributed by atoms with Crippen LogP contribution in [-0.2, 0) is 16.0 Å². The lowest BCUT2D eigenvalue weighted by atomic mass is 10.1. The Kier molecular flexibility index (Phi) is 7.83. The number of hydrogen-bond acceptors (Lipinski definition) is 4. The topological polar surface area (TPSA) is 117 Å². The third-order valence-corrected chi connectivity index (χ3v) is 3.67. The van der Waals surface area contributed by atoms with Crippen molar-refractivity contribution in [2.45, 2.75) is 19.8 Å². The van der Waals surface area contributed by atoms with Gasteiger partial charge in [0.15, 0.2) is 6.61 Å². The van der Waals surface area contributed by atoms with E-state index in [4.69, 9.17) is 9.84 Å². The molecule has 148 valence electrons. The summed E-state index contributed by atoms with van der Waals surface area (Å²) in [6, 6.07) is 13.2. The third kappa shape index (κ3) is 7.36. The SMILES string of the molecule is CCNC(=O)COc1ccc(NC(=O)Nc2cccc(CCC(=O)O)c2)cc1. The largest absolute Gasteiger partial charge is 0.484 e. The molecule has 8 heteroatoms. The molecule has 2 aromatic carbocycles. The maximum absolute atomic E-state index is 12.1. The molecule has 0 aliphatic heterocycles. The van der Waals surface area contributed by atoms with E-state index in [1.54, 1.807) is 42.5 Å². The van der Waals surface area contributed by atoms with E-state index in [1.165, 1.54) is 0 Å². The number of anilines is 2. The van der Waals surface area contributed by atoms with Crippen LogP contribution in [0.25, 0.3) is 0 Å². The van der Waals surface area contributed by atoms with Crippen molar-refractivity contribution < 1.29 is 24.2 Å². The number of aliphatic carboxylic acids is 1. The molecule has 2 aromatic rings. The zero-order valence-corrected chi connectivity index (χ0v) is 15.5. The molecule has 0 heterocycles. The van der Waals surface area contributed by atoms with Gasteiger partial charge < -0.3 is 25.8 Å². The Morgan fingerprint density at radius 2 is 1.71 bits per heavy atom. The molecule has 28 heavy (non-hydrogen) atoms. The lowest BCUT2D eigenvalue weighted by Gasteiger charge is -2.10. The van der Waals surface area contributed by atoms with Crippen LogP contribution in [0.15, 0.2) is 48.5 Å². The molecule has 0 radical (unpaired) electrons. The van der Waals surface area contributed by atoms with Crippen molar-refractivity contribution in [2.24, 2.45) is 0 Å². The highest BCUT2D eigenvalue weighted by atomic mass is 16.5. The van der Waals surface area contributed by atoms with Crippen molar-refractivity contribution in [3.05, 3.63) is 54.1 Å². The number of hydrogen-bond donors (Lipinski definition) is 4. The van der Waals surface area contributed by atoms with E-state index in [2.05, 4.69) is 16.0 Å². The fourth-order valence-corrected chi connectivity index (χ4v) is 2.38. The molecule has 0 saturated heterocycles. The van der Waals surface area contributed by atoms with Gasteiger partial charge in [-0.25, -0.2) is 4.79 Å². The Labute approximate surface area is 162 Å². The lowest BCUT2D eigenvalue weighted by molar-refractivity contribution is -0.137. The van der Waals surface area contributed by atoms with Crippen LogP contribution in [0, 0.1) is 0 Å². The van der Waals surface area contributed by atoms with Gasteiger partial charge >= 0.3 is 12.0 Å². The summed E-state index contributed by atoms with van der Waals surface area (Å²) >= 11 is 0. The maximum Gasteiger partial charge on any atom is 0.323 e. The molecule has 0 aliphatic rings. The predicted molar refractivity (Wildman–Crippen MR) is 106 cm³/mol. The van der Waals surface area contributed by atoms with Gasteiger partial charge in [0.25, 0.3) is 5.91 Å². The molecule has 0 aromatic heterocycles. The Hall–Kier alpha value is -3.55. The number of carbonyl (C=O) groups excluding carboxylic acids is 2. The van der Waals surface area contributed by atoms with Gasteiger partial charge in [0.1, 0.15) is 5.75 Å². The Balaban J connectivity index is 1.85. The first-order chi connectivity index (χ1) is 13.5. The molecule has 4 N–H and O–H groups in total.